The van der Waals surface area contributed by atoms with E-state index in [4.69, 9.17) is 14.3 Å². The molecule has 0 aliphatic heterocycles. The van der Waals surface area contributed by atoms with Gasteiger partial charge in [-0.1, -0.05) is 12.1 Å². The number of nitrogens with zero attached hydrogens (tertiary/aromatic N) is 1. The second kappa shape index (κ2) is 7.28. The molecule has 0 aliphatic carbocycles. The molecule has 1 N–H and O–H groups in total. The van der Waals surface area contributed by atoms with Crippen LogP contribution in [0.25, 0.3) is 11.5 Å². The standard InChI is InChI=1S/C15H17NO4S/c1-10-13(8-21-9-14(17)18)16-15(20-10)12-5-3-11(4-6-12)7-19-2/h3-6H,7-9H2,1-2H3,(H,17,18). The highest BCUT2D eigenvalue weighted by Crippen LogP contribution is 2.24. The molecule has 1 aromatic heterocycles. The topological polar surface area (TPSA) is 72.6 Å². The van der Waals surface area contributed by atoms with Crippen molar-refractivity contribution in [2.45, 2.75) is 19.3 Å². The van der Waals surface area contributed by atoms with Crippen LogP contribution in [-0.4, -0.2) is 28.9 Å². The summed E-state index contributed by atoms with van der Waals surface area (Å²) in [5.41, 5.74) is 2.77. The molecule has 0 spiro atoms. The van der Waals surface area contributed by atoms with E-state index in [1.165, 1.54) is 11.8 Å². The number of benzene rings is 1. The van der Waals surface area contributed by atoms with Gasteiger partial charge in [-0.05, 0) is 24.6 Å². The summed E-state index contributed by atoms with van der Waals surface area (Å²) in [5.74, 6) is 1.05. The number of hydrogen-bond acceptors (Lipinski definition) is 5. The van der Waals surface area contributed by atoms with Crippen molar-refractivity contribution in [2.24, 2.45) is 0 Å². The number of aryl methyl sites for hydroxylation is 1. The van der Waals surface area contributed by atoms with E-state index in [2.05, 4.69) is 4.98 Å². The highest BCUT2D eigenvalue weighted by molar-refractivity contribution is 7.99. The molecule has 0 radical (unpaired) electrons. The maximum Gasteiger partial charge on any atom is 0.313 e. The van der Waals surface area contributed by atoms with Crippen LogP contribution in [0, 0.1) is 6.92 Å². The summed E-state index contributed by atoms with van der Waals surface area (Å²) >= 11 is 1.31. The fraction of sp³-hybridized carbons (Fsp3) is 0.333. The van der Waals surface area contributed by atoms with Crippen LogP contribution < -0.4 is 0 Å². The molecule has 0 saturated carbocycles. The van der Waals surface area contributed by atoms with Crippen molar-refractivity contribution in [3.05, 3.63) is 41.3 Å². The van der Waals surface area contributed by atoms with Crippen LogP contribution in [0.2, 0.25) is 0 Å². The number of methoxy groups -OCH3 is 1. The van der Waals surface area contributed by atoms with Gasteiger partial charge in [-0.2, -0.15) is 0 Å². The lowest BCUT2D eigenvalue weighted by Crippen LogP contribution is -1.98. The van der Waals surface area contributed by atoms with Gasteiger partial charge in [0.05, 0.1) is 18.1 Å². The molecule has 0 aliphatic rings. The van der Waals surface area contributed by atoms with E-state index in [1.54, 1.807) is 7.11 Å². The minimum absolute atomic E-state index is 0.0628. The van der Waals surface area contributed by atoms with Gasteiger partial charge >= 0.3 is 5.97 Å². The zero-order valence-corrected chi connectivity index (χ0v) is 12.8. The summed E-state index contributed by atoms with van der Waals surface area (Å²) in [7, 11) is 1.66. The van der Waals surface area contributed by atoms with Gasteiger partial charge < -0.3 is 14.3 Å². The van der Waals surface area contributed by atoms with Gasteiger partial charge in [0.1, 0.15) is 5.76 Å². The molecule has 2 rings (SSSR count). The predicted molar refractivity (Wildman–Crippen MR) is 81.2 cm³/mol. The highest BCUT2D eigenvalue weighted by atomic mass is 32.2. The molecule has 0 atom stereocenters. The number of carboxylic acids is 1. The summed E-state index contributed by atoms with van der Waals surface area (Å²) in [6, 6.07) is 7.82. The molecule has 0 bridgehead atoms. The number of hydrogen-bond donors (Lipinski definition) is 1. The quantitative estimate of drug-likeness (QED) is 0.847. The Morgan fingerprint density at radius 3 is 2.71 bits per heavy atom. The molecule has 1 heterocycles. The molecular formula is C15H17NO4S. The van der Waals surface area contributed by atoms with Crippen LogP contribution >= 0.6 is 11.8 Å². The fourth-order valence-corrected chi connectivity index (χ4v) is 2.57. The summed E-state index contributed by atoms with van der Waals surface area (Å²) < 4.78 is 10.7. The van der Waals surface area contributed by atoms with Crippen LogP contribution in [0.15, 0.2) is 28.7 Å². The molecule has 0 fully saturated rings. The van der Waals surface area contributed by atoms with Crippen LogP contribution in [0.4, 0.5) is 0 Å². The van der Waals surface area contributed by atoms with Gasteiger partial charge in [0, 0.05) is 18.4 Å². The monoisotopic (exact) mass is 307 g/mol. The van der Waals surface area contributed by atoms with E-state index < -0.39 is 5.97 Å². The summed E-state index contributed by atoms with van der Waals surface area (Å²) in [6.07, 6.45) is 0. The third-order valence-electron chi connectivity index (χ3n) is 2.87. The minimum atomic E-state index is -0.824. The van der Waals surface area contributed by atoms with Crippen molar-refractivity contribution in [2.75, 3.05) is 12.9 Å². The van der Waals surface area contributed by atoms with Gasteiger partial charge in [-0.25, -0.2) is 4.98 Å². The second-order valence-corrected chi connectivity index (χ2v) is 5.52. The Morgan fingerprint density at radius 1 is 1.38 bits per heavy atom. The van der Waals surface area contributed by atoms with Crippen molar-refractivity contribution in [3.63, 3.8) is 0 Å². The Labute approximate surface area is 127 Å². The van der Waals surface area contributed by atoms with Gasteiger partial charge in [-0.15, -0.1) is 11.8 Å². The molecule has 6 heteroatoms. The lowest BCUT2D eigenvalue weighted by Gasteiger charge is -2.00. The van der Waals surface area contributed by atoms with Crippen molar-refractivity contribution < 1.29 is 19.1 Å². The molecule has 0 unspecified atom stereocenters. The number of aromatic nitrogens is 1. The molecule has 2 aromatic rings. The second-order valence-electron chi connectivity index (χ2n) is 4.54. The summed E-state index contributed by atoms with van der Waals surface area (Å²) in [4.78, 5) is 15.0. The lowest BCUT2D eigenvalue weighted by atomic mass is 10.1. The molecule has 0 amide bonds. The Morgan fingerprint density at radius 2 is 2.10 bits per heavy atom. The van der Waals surface area contributed by atoms with E-state index in [-0.39, 0.29) is 5.75 Å². The molecule has 1 aromatic carbocycles. The zero-order chi connectivity index (χ0) is 15.2. The minimum Gasteiger partial charge on any atom is -0.481 e. The molecule has 21 heavy (non-hydrogen) atoms. The number of ether oxygens (including phenoxy) is 1. The van der Waals surface area contributed by atoms with Crippen LogP contribution in [-0.2, 0) is 21.9 Å². The van der Waals surface area contributed by atoms with Gasteiger partial charge in [0.2, 0.25) is 5.89 Å². The van der Waals surface area contributed by atoms with E-state index in [0.717, 1.165) is 22.6 Å². The maximum atomic E-state index is 10.5. The van der Waals surface area contributed by atoms with Gasteiger partial charge in [-0.3, -0.25) is 4.79 Å². The molecule has 112 valence electrons. The number of carboxylic acid groups (broad SMARTS) is 1. The zero-order valence-electron chi connectivity index (χ0n) is 12.0. The van der Waals surface area contributed by atoms with Crippen LogP contribution in [0.1, 0.15) is 17.0 Å². The van der Waals surface area contributed by atoms with Crippen LogP contribution in [0.5, 0.6) is 0 Å². The first-order valence-electron chi connectivity index (χ1n) is 6.44. The van der Waals surface area contributed by atoms with Crippen molar-refractivity contribution in [1.29, 1.82) is 0 Å². The number of oxazole rings is 1. The van der Waals surface area contributed by atoms with Crippen molar-refractivity contribution in [3.8, 4) is 11.5 Å². The van der Waals surface area contributed by atoms with E-state index >= 15 is 0 Å². The van der Waals surface area contributed by atoms with Gasteiger partial charge in [0.15, 0.2) is 0 Å². The summed E-state index contributed by atoms with van der Waals surface area (Å²) in [5, 5.41) is 8.64. The first-order chi connectivity index (χ1) is 10.1. The van der Waals surface area contributed by atoms with E-state index in [0.29, 0.717) is 18.3 Å². The maximum absolute atomic E-state index is 10.5. The lowest BCUT2D eigenvalue weighted by molar-refractivity contribution is -0.133. The number of rotatable bonds is 7. The highest BCUT2D eigenvalue weighted by Gasteiger charge is 2.12. The van der Waals surface area contributed by atoms with E-state index in [9.17, 15) is 4.79 Å². The third kappa shape index (κ3) is 4.34. The Bertz CT molecular complexity index is 607. The molecule has 0 saturated heterocycles. The van der Waals surface area contributed by atoms with E-state index in [1.807, 2.05) is 31.2 Å². The van der Waals surface area contributed by atoms with Crippen molar-refractivity contribution in [1.82, 2.24) is 4.98 Å². The molecule has 5 nitrogen and oxygen atoms in total. The number of thioether (sulfide) groups is 1. The Kier molecular flexibility index (Phi) is 5.41. The third-order valence-corrected chi connectivity index (χ3v) is 3.80. The summed E-state index contributed by atoms with van der Waals surface area (Å²) in [6.45, 7) is 2.41. The first kappa shape index (κ1) is 15.6. The van der Waals surface area contributed by atoms with Crippen molar-refractivity contribution >= 4 is 17.7 Å². The Hall–Kier alpha value is -1.79. The fourth-order valence-electron chi connectivity index (χ4n) is 1.83. The molecular weight excluding hydrogens is 290 g/mol. The average Bonchev–Trinajstić information content (AvgIpc) is 2.81. The number of aliphatic carboxylic acids is 1. The largest absolute Gasteiger partial charge is 0.481 e. The van der Waals surface area contributed by atoms with Gasteiger partial charge in [0.25, 0.3) is 0 Å². The SMILES string of the molecule is COCc1ccc(-c2nc(CSCC(=O)O)c(C)o2)cc1. The predicted octanol–water partition coefficient (Wildman–Crippen LogP) is 3.11. The normalized spacial score (nSPS) is 10.8. The van der Waals surface area contributed by atoms with Crippen LogP contribution in [0.3, 0.4) is 0 Å². The Balaban J connectivity index is 2.08. The number of carbonyl (C=O) groups is 1. The smallest absolute Gasteiger partial charge is 0.313 e. The average molecular weight is 307 g/mol. The first-order valence-corrected chi connectivity index (χ1v) is 7.59.